The minimum absolute atomic E-state index is 0. The van der Waals surface area contributed by atoms with Gasteiger partial charge in [0.2, 0.25) is 5.91 Å². The average molecular weight is 622 g/mol. The molecule has 1 aromatic rings. The van der Waals surface area contributed by atoms with Crippen LogP contribution in [0.5, 0.6) is 5.75 Å². The normalized spacial score (nSPS) is 17.4. The third-order valence-electron chi connectivity index (χ3n) is 8.04. The summed E-state index contributed by atoms with van der Waals surface area (Å²) < 4.78 is 10.9. The van der Waals surface area contributed by atoms with Gasteiger partial charge < -0.3 is 36.3 Å². The van der Waals surface area contributed by atoms with Gasteiger partial charge in [0.15, 0.2) is 0 Å². The lowest BCUT2D eigenvalue weighted by atomic mass is 9.74. The quantitative estimate of drug-likeness (QED) is 0.168. The van der Waals surface area contributed by atoms with Gasteiger partial charge in [0.05, 0.1) is 18.3 Å². The van der Waals surface area contributed by atoms with Crippen LogP contribution in [0.4, 0.5) is 0 Å². The molecule has 0 aromatic heterocycles. The van der Waals surface area contributed by atoms with Crippen LogP contribution in [-0.2, 0) is 9.53 Å². The van der Waals surface area contributed by atoms with E-state index in [0.29, 0.717) is 37.5 Å². The largest absolute Gasteiger partial charge is 0.493 e. The number of amides is 2. The minimum atomic E-state index is -0.876. The fourth-order valence-electron chi connectivity index (χ4n) is 4.96. The number of halogens is 2. The number of aliphatic hydroxyl groups is 1. The predicted octanol–water partition coefficient (Wildman–Crippen LogP) is 3.56. The van der Waals surface area contributed by atoms with E-state index >= 15 is 0 Å². The summed E-state index contributed by atoms with van der Waals surface area (Å²) in [4.78, 5) is 25.9. The van der Waals surface area contributed by atoms with Crippen LogP contribution in [0.1, 0.15) is 70.2 Å². The molecule has 1 heterocycles. The van der Waals surface area contributed by atoms with Crippen molar-refractivity contribution in [2.75, 3.05) is 46.5 Å². The summed E-state index contributed by atoms with van der Waals surface area (Å²) in [7, 11) is 1.67. The Morgan fingerprint density at radius 3 is 2.44 bits per heavy atom. The van der Waals surface area contributed by atoms with Gasteiger partial charge in [-0.15, -0.1) is 24.8 Å². The highest BCUT2D eigenvalue weighted by molar-refractivity contribution is 5.96. The number of methoxy groups -OCH3 is 1. The Labute approximate surface area is 259 Å². The van der Waals surface area contributed by atoms with Crippen LogP contribution in [0.25, 0.3) is 0 Å². The number of nitrogens with one attached hydrogen (secondary N) is 3. The number of aliphatic hydroxyl groups excluding tert-OH is 1. The Kier molecular flexibility index (Phi) is 19.5. The van der Waals surface area contributed by atoms with Crippen LogP contribution in [-0.4, -0.2) is 75.6 Å². The molecule has 0 unspecified atom stereocenters. The van der Waals surface area contributed by atoms with Crippen molar-refractivity contribution in [2.24, 2.45) is 28.9 Å². The standard InChI is InChI=1S/C30H52N4O5.2ClH/c1-21(2)22(18-33-28(36)24-12-6-7-13-27(24)39-16-9-8-15-38-5)17-25(31)26(35)20-34-29(37)30(3,4)23-11-10-14-32-19-23;;/h6-7,12-13,21-23,25-26,32,35H,8-11,14-20,31H2,1-5H3,(H,33,36)(H,34,37);2*1H/t22-,23+,25+,26+;;/m1../s1. The molecule has 2 rings (SSSR count). The summed E-state index contributed by atoms with van der Waals surface area (Å²) in [5.74, 6) is 0.855. The van der Waals surface area contributed by atoms with Crippen LogP contribution >= 0.6 is 24.8 Å². The molecule has 1 aliphatic rings. The molecule has 1 aliphatic heterocycles. The van der Waals surface area contributed by atoms with Crippen molar-refractivity contribution in [3.05, 3.63) is 29.8 Å². The van der Waals surface area contributed by atoms with Crippen molar-refractivity contribution in [2.45, 2.75) is 71.9 Å². The lowest BCUT2D eigenvalue weighted by Crippen LogP contribution is -2.51. The summed E-state index contributed by atoms with van der Waals surface area (Å²) in [6.45, 7) is 11.6. The number of ether oxygens (including phenoxy) is 2. The number of carbonyl (C=O) groups excluding carboxylic acids is 2. The molecule has 0 bridgehead atoms. The molecule has 0 aliphatic carbocycles. The monoisotopic (exact) mass is 620 g/mol. The molecule has 9 nitrogen and oxygen atoms in total. The molecule has 1 saturated heterocycles. The van der Waals surface area contributed by atoms with Gasteiger partial charge in [-0.1, -0.05) is 39.8 Å². The van der Waals surface area contributed by atoms with Gasteiger partial charge in [-0.25, -0.2) is 0 Å². The Bertz CT molecular complexity index is 884. The molecule has 11 heteroatoms. The average Bonchev–Trinajstić information content (AvgIpc) is 2.93. The maximum absolute atomic E-state index is 13.0. The Morgan fingerprint density at radius 1 is 1.12 bits per heavy atom. The van der Waals surface area contributed by atoms with E-state index in [2.05, 4.69) is 29.8 Å². The summed E-state index contributed by atoms with van der Waals surface area (Å²) >= 11 is 0. The van der Waals surface area contributed by atoms with Crippen LogP contribution in [0, 0.1) is 23.2 Å². The Morgan fingerprint density at radius 2 is 1.80 bits per heavy atom. The summed E-state index contributed by atoms with van der Waals surface area (Å²) in [5.41, 5.74) is 6.35. The van der Waals surface area contributed by atoms with Gasteiger partial charge in [-0.3, -0.25) is 9.59 Å². The number of hydrogen-bond donors (Lipinski definition) is 5. The first-order valence-electron chi connectivity index (χ1n) is 14.5. The van der Waals surface area contributed by atoms with Crippen molar-refractivity contribution < 1.29 is 24.2 Å². The first-order chi connectivity index (χ1) is 18.6. The molecular formula is C30H54Cl2N4O5. The SMILES string of the molecule is COCCCCOc1ccccc1C(=O)NC[C@@H](C[C@H](N)[C@@H](O)CNC(=O)C(C)(C)[C@H]1CCCNC1)C(C)C.Cl.Cl. The fourth-order valence-corrected chi connectivity index (χ4v) is 4.96. The molecule has 0 spiro atoms. The Hall–Kier alpha value is -1.62. The zero-order valence-corrected chi connectivity index (χ0v) is 27.1. The molecule has 0 radical (unpaired) electrons. The van der Waals surface area contributed by atoms with E-state index in [1.54, 1.807) is 19.2 Å². The van der Waals surface area contributed by atoms with Gasteiger partial charge in [-0.05, 0) is 75.1 Å². The third-order valence-corrected chi connectivity index (χ3v) is 8.04. The fraction of sp³-hybridized carbons (Fsp3) is 0.733. The number of hydrogen-bond acceptors (Lipinski definition) is 7. The lowest BCUT2D eigenvalue weighted by molar-refractivity contribution is -0.133. The molecule has 0 saturated carbocycles. The molecule has 238 valence electrons. The first kappa shape index (κ1) is 39.4. The van der Waals surface area contributed by atoms with Crippen molar-refractivity contribution in [3.63, 3.8) is 0 Å². The van der Waals surface area contributed by atoms with Crippen molar-refractivity contribution in [3.8, 4) is 5.75 Å². The summed E-state index contributed by atoms with van der Waals surface area (Å²) in [6, 6.07) is 6.70. The van der Waals surface area contributed by atoms with Crippen molar-refractivity contribution in [1.29, 1.82) is 0 Å². The molecule has 41 heavy (non-hydrogen) atoms. The summed E-state index contributed by atoms with van der Waals surface area (Å²) in [5, 5.41) is 20.1. The van der Waals surface area contributed by atoms with Crippen LogP contribution in [0.15, 0.2) is 24.3 Å². The number of carbonyl (C=O) groups is 2. The third kappa shape index (κ3) is 13.1. The second-order valence-electron chi connectivity index (χ2n) is 11.7. The highest BCUT2D eigenvalue weighted by atomic mass is 35.5. The molecule has 4 atom stereocenters. The minimum Gasteiger partial charge on any atom is -0.493 e. The maximum atomic E-state index is 13.0. The van der Waals surface area contributed by atoms with Crippen LogP contribution < -0.4 is 26.4 Å². The zero-order valence-electron chi connectivity index (χ0n) is 25.4. The number of benzene rings is 1. The van der Waals surface area contributed by atoms with Crippen LogP contribution in [0.2, 0.25) is 0 Å². The van der Waals surface area contributed by atoms with E-state index in [0.717, 1.165) is 38.8 Å². The first-order valence-corrected chi connectivity index (χ1v) is 14.5. The zero-order chi connectivity index (χ0) is 28.8. The molecule has 6 N–H and O–H groups in total. The van der Waals surface area contributed by atoms with Gasteiger partial charge in [0.25, 0.3) is 5.91 Å². The number of piperidine rings is 1. The number of rotatable bonds is 17. The smallest absolute Gasteiger partial charge is 0.255 e. The van der Waals surface area contributed by atoms with E-state index in [1.807, 2.05) is 26.0 Å². The van der Waals surface area contributed by atoms with Crippen molar-refractivity contribution in [1.82, 2.24) is 16.0 Å². The van der Waals surface area contributed by atoms with E-state index in [9.17, 15) is 14.7 Å². The molecule has 1 fully saturated rings. The predicted molar refractivity (Wildman–Crippen MR) is 169 cm³/mol. The lowest BCUT2D eigenvalue weighted by Gasteiger charge is -2.36. The van der Waals surface area contributed by atoms with Gasteiger partial charge in [-0.2, -0.15) is 0 Å². The second-order valence-corrected chi connectivity index (χ2v) is 11.7. The molecule has 1 aromatic carbocycles. The Balaban J connectivity index is 0.00000800. The van der Waals surface area contributed by atoms with E-state index in [4.69, 9.17) is 15.2 Å². The molecular weight excluding hydrogens is 567 g/mol. The maximum Gasteiger partial charge on any atom is 0.255 e. The van der Waals surface area contributed by atoms with E-state index < -0.39 is 17.6 Å². The van der Waals surface area contributed by atoms with Crippen LogP contribution in [0.3, 0.4) is 0 Å². The topological polar surface area (TPSA) is 135 Å². The highest BCUT2D eigenvalue weighted by Crippen LogP contribution is 2.32. The van der Waals surface area contributed by atoms with Gasteiger partial charge in [0, 0.05) is 38.3 Å². The number of nitrogens with two attached hydrogens (primary N) is 1. The number of para-hydroxylation sites is 1. The summed E-state index contributed by atoms with van der Waals surface area (Å²) in [6.07, 6.45) is 3.46. The van der Waals surface area contributed by atoms with Gasteiger partial charge in [0.1, 0.15) is 5.75 Å². The van der Waals surface area contributed by atoms with Crippen molar-refractivity contribution >= 4 is 36.6 Å². The number of unbranched alkanes of at least 4 members (excludes halogenated alkanes) is 1. The highest BCUT2D eigenvalue weighted by Gasteiger charge is 2.37. The second kappa shape index (κ2) is 20.3. The molecule has 2 amide bonds. The van der Waals surface area contributed by atoms with Gasteiger partial charge >= 0.3 is 0 Å². The van der Waals surface area contributed by atoms with E-state index in [-0.39, 0.29) is 60.9 Å². The van der Waals surface area contributed by atoms with E-state index in [1.165, 1.54) is 0 Å².